The Labute approximate surface area is 128 Å². The van der Waals surface area contributed by atoms with Crippen molar-refractivity contribution in [2.75, 3.05) is 0 Å². The van der Waals surface area contributed by atoms with Gasteiger partial charge < -0.3 is 4.90 Å². The van der Waals surface area contributed by atoms with Crippen molar-refractivity contribution >= 4 is 5.91 Å². The monoisotopic (exact) mass is 288 g/mol. The molecule has 3 atom stereocenters. The molecule has 0 bridgehead atoms. The fourth-order valence-electron chi connectivity index (χ4n) is 2.99. The van der Waals surface area contributed by atoms with E-state index < -0.39 is 0 Å². The molecular formula is C18H28N2O. The van der Waals surface area contributed by atoms with E-state index in [2.05, 4.69) is 70.0 Å². The smallest absolute Gasteiger partial charge is 0.241 e. The lowest BCUT2D eigenvalue weighted by molar-refractivity contribution is -0.133. The van der Waals surface area contributed by atoms with Gasteiger partial charge in [-0.1, -0.05) is 44.5 Å². The normalized spacial score (nSPS) is 24.0. The number of carbonyl (C=O) groups excluding carboxylic acids is 1. The number of hydrogen-bond donors (Lipinski definition) is 1. The molecular weight excluding hydrogens is 260 g/mol. The van der Waals surface area contributed by atoms with E-state index in [9.17, 15) is 4.79 Å². The summed E-state index contributed by atoms with van der Waals surface area (Å²) in [6.45, 7) is 12.8. The number of carbonyl (C=O) groups is 1. The van der Waals surface area contributed by atoms with Gasteiger partial charge in [-0.15, -0.1) is 0 Å². The fourth-order valence-corrected chi connectivity index (χ4v) is 2.99. The molecule has 1 aliphatic heterocycles. The first-order chi connectivity index (χ1) is 9.86. The molecule has 1 aromatic rings. The number of nitrogens with one attached hydrogen (secondary N) is 1. The second kappa shape index (κ2) is 6.18. The lowest BCUT2D eigenvalue weighted by Crippen LogP contribution is -2.41. The van der Waals surface area contributed by atoms with Crippen molar-refractivity contribution in [1.29, 1.82) is 0 Å². The maximum Gasteiger partial charge on any atom is 0.241 e. The van der Waals surface area contributed by atoms with Crippen LogP contribution in [0.2, 0.25) is 0 Å². The maximum absolute atomic E-state index is 12.7. The standard InChI is InChI=1S/C18H28N2O/c1-7-16-18(21)20(14(6)11(2)3)17(19-16)15-10-12(4)8-9-13(15)5/h8-11,14,16-17,19H,7H2,1-6H3. The summed E-state index contributed by atoms with van der Waals surface area (Å²) < 4.78 is 0. The summed E-state index contributed by atoms with van der Waals surface area (Å²) >= 11 is 0. The highest BCUT2D eigenvalue weighted by Crippen LogP contribution is 2.32. The van der Waals surface area contributed by atoms with E-state index in [1.54, 1.807) is 0 Å². The van der Waals surface area contributed by atoms with E-state index in [4.69, 9.17) is 0 Å². The Morgan fingerprint density at radius 1 is 1.24 bits per heavy atom. The molecule has 1 aromatic carbocycles. The van der Waals surface area contributed by atoms with E-state index in [1.807, 2.05) is 0 Å². The molecule has 0 radical (unpaired) electrons. The Morgan fingerprint density at radius 2 is 1.90 bits per heavy atom. The van der Waals surface area contributed by atoms with Crippen molar-refractivity contribution in [2.24, 2.45) is 5.92 Å². The van der Waals surface area contributed by atoms with Gasteiger partial charge in [-0.05, 0) is 44.2 Å². The van der Waals surface area contributed by atoms with Crippen molar-refractivity contribution in [3.05, 3.63) is 34.9 Å². The summed E-state index contributed by atoms with van der Waals surface area (Å²) in [5, 5.41) is 3.54. The Kier molecular flexibility index (Phi) is 4.72. The minimum Gasteiger partial charge on any atom is -0.319 e. The Bertz CT molecular complexity index is 524. The van der Waals surface area contributed by atoms with Crippen LogP contribution in [0.1, 0.15) is 57.0 Å². The zero-order chi connectivity index (χ0) is 15.7. The molecule has 1 heterocycles. The number of benzene rings is 1. The molecule has 1 amide bonds. The van der Waals surface area contributed by atoms with Crippen molar-refractivity contribution in [1.82, 2.24) is 10.2 Å². The topological polar surface area (TPSA) is 32.3 Å². The van der Waals surface area contributed by atoms with Gasteiger partial charge >= 0.3 is 0 Å². The first kappa shape index (κ1) is 16.0. The van der Waals surface area contributed by atoms with Gasteiger partial charge in [-0.25, -0.2) is 0 Å². The first-order valence-electron chi connectivity index (χ1n) is 8.02. The van der Waals surface area contributed by atoms with E-state index in [0.717, 1.165) is 6.42 Å². The van der Waals surface area contributed by atoms with Crippen LogP contribution in [-0.2, 0) is 4.79 Å². The molecule has 1 aliphatic rings. The average molecular weight is 288 g/mol. The molecule has 3 unspecified atom stereocenters. The Hall–Kier alpha value is -1.35. The number of amides is 1. The largest absolute Gasteiger partial charge is 0.319 e. The molecule has 3 heteroatoms. The highest BCUT2D eigenvalue weighted by atomic mass is 16.2. The van der Waals surface area contributed by atoms with Crippen LogP contribution < -0.4 is 5.32 Å². The van der Waals surface area contributed by atoms with Crippen molar-refractivity contribution in [3.8, 4) is 0 Å². The predicted molar refractivity (Wildman–Crippen MR) is 87.0 cm³/mol. The number of aryl methyl sites for hydroxylation is 2. The molecule has 0 spiro atoms. The van der Waals surface area contributed by atoms with Crippen molar-refractivity contribution < 1.29 is 4.79 Å². The average Bonchev–Trinajstić information content (AvgIpc) is 2.77. The van der Waals surface area contributed by atoms with Gasteiger partial charge in [0, 0.05) is 6.04 Å². The molecule has 3 nitrogen and oxygen atoms in total. The predicted octanol–water partition coefficient (Wildman–Crippen LogP) is 3.56. The lowest BCUT2D eigenvalue weighted by Gasteiger charge is -2.33. The molecule has 1 saturated heterocycles. The third kappa shape index (κ3) is 2.98. The SMILES string of the molecule is CCC1NC(c2cc(C)ccc2C)N(C(C)C(C)C)C1=O. The van der Waals surface area contributed by atoms with E-state index in [1.165, 1.54) is 16.7 Å². The quantitative estimate of drug-likeness (QED) is 0.919. The molecule has 0 aromatic heterocycles. The Morgan fingerprint density at radius 3 is 2.48 bits per heavy atom. The van der Waals surface area contributed by atoms with Gasteiger partial charge in [0.1, 0.15) is 6.17 Å². The van der Waals surface area contributed by atoms with Gasteiger partial charge in [-0.2, -0.15) is 0 Å². The van der Waals surface area contributed by atoms with Gasteiger partial charge in [0.05, 0.1) is 6.04 Å². The summed E-state index contributed by atoms with van der Waals surface area (Å²) in [7, 11) is 0. The zero-order valence-electron chi connectivity index (χ0n) is 14.1. The third-order valence-corrected chi connectivity index (χ3v) is 4.73. The van der Waals surface area contributed by atoms with Crippen LogP contribution in [0.3, 0.4) is 0 Å². The van der Waals surface area contributed by atoms with Crippen LogP contribution in [0.4, 0.5) is 0 Å². The van der Waals surface area contributed by atoms with E-state index in [-0.39, 0.29) is 24.2 Å². The Balaban J connectivity index is 2.43. The van der Waals surface area contributed by atoms with Crippen LogP contribution in [0, 0.1) is 19.8 Å². The molecule has 21 heavy (non-hydrogen) atoms. The van der Waals surface area contributed by atoms with Crippen LogP contribution in [0.15, 0.2) is 18.2 Å². The van der Waals surface area contributed by atoms with Gasteiger partial charge in [0.15, 0.2) is 0 Å². The van der Waals surface area contributed by atoms with Crippen LogP contribution in [0.5, 0.6) is 0 Å². The van der Waals surface area contributed by atoms with Gasteiger partial charge in [-0.3, -0.25) is 10.1 Å². The highest BCUT2D eigenvalue weighted by molar-refractivity contribution is 5.85. The third-order valence-electron chi connectivity index (χ3n) is 4.73. The first-order valence-corrected chi connectivity index (χ1v) is 8.02. The minimum absolute atomic E-state index is 0.000231. The van der Waals surface area contributed by atoms with Crippen molar-refractivity contribution in [2.45, 2.75) is 66.2 Å². The van der Waals surface area contributed by atoms with E-state index >= 15 is 0 Å². The molecule has 1 fully saturated rings. The lowest BCUT2D eigenvalue weighted by atomic mass is 9.99. The summed E-state index contributed by atoms with van der Waals surface area (Å²) in [4.78, 5) is 14.8. The second-order valence-electron chi connectivity index (χ2n) is 6.62. The minimum atomic E-state index is -0.0592. The summed E-state index contributed by atoms with van der Waals surface area (Å²) in [5.41, 5.74) is 3.71. The highest BCUT2D eigenvalue weighted by Gasteiger charge is 2.42. The second-order valence-corrected chi connectivity index (χ2v) is 6.62. The van der Waals surface area contributed by atoms with Crippen LogP contribution in [-0.4, -0.2) is 22.9 Å². The number of rotatable bonds is 4. The van der Waals surface area contributed by atoms with Gasteiger partial charge in [0.25, 0.3) is 0 Å². The zero-order valence-corrected chi connectivity index (χ0v) is 14.1. The van der Waals surface area contributed by atoms with Crippen LogP contribution >= 0.6 is 0 Å². The molecule has 1 N–H and O–H groups in total. The molecule has 0 aliphatic carbocycles. The molecule has 116 valence electrons. The number of nitrogens with zero attached hydrogens (tertiary/aromatic N) is 1. The van der Waals surface area contributed by atoms with E-state index in [0.29, 0.717) is 5.92 Å². The molecule has 2 rings (SSSR count). The molecule has 0 saturated carbocycles. The van der Waals surface area contributed by atoms with Crippen molar-refractivity contribution in [3.63, 3.8) is 0 Å². The van der Waals surface area contributed by atoms with Gasteiger partial charge in [0.2, 0.25) is 5.91 Å². The summed E-state index contributed by atoms with van der Waals surface area (Å²) in [6.07, 6.45) is 0.835. The summed E-state index contributed by atoms with van der Waals surface area (Å²) in [6, 6.07) is 6.65. The van der Waals surface area contributed by atoms with Crippen LogP contribution in [0.25, 0.3) is 0 Å². The maximum atomic E-state index is 12.7. The number of hydrogen-bond acceptors (Lipinski definition) is 2. The summed E-state index contributed by atoms with van der Waals surface area (Å²) in [5.74, 6) is 0.684. The fraction of sp³-hybridized carbons (Fsp3) is 0.611.